The number of aliphatic hydroxyl groups excluding tert-OH is 2. The molecule has 2 saturated heterocycles. The first kappa shape index (κ1) is 64.7. The summed E-state index contributed by atoms with van der Waals surface area (Å²) in [4.78, 5) is 62.0. The highest BCUT2D eigenvalue weighted by molar-refractivity contribution is 7.61. The summed E-state index contributed by atoms with van der Waals surface area (Å²) < 4.78 is 62.5. The summed E-state index contributed by atoms with van der Waals surface area (Å²) in [5, 5.41) is 20.9. The average Bonchev–Trinajstić information content (AvgIpc) is 4.06. The van der Waals surface area contributed by atoms with Crippen LogP contribution in [0.15, 0.2) is 126 Å². The standard InChI is InChI=1S/C54H81N3O16P2/c1-3-5-7-9-11-13-14-15-16-17-18-19-20-21-22-24-26-28-34-38-50(59)70-44(41-67-49(58)37-33-30-29-32-36-46-45(71-46)35-31-27-25-23-12-10-8-6-4-2)42-68-74(63,64)73-75(65,66)69-43-47-51(60)52(61)53(72-47)57-40-39-48(55)56-54(57)62/h5,7,11-13,15-16,18-19,21-23,26-29,31-32,39-40,44-47,51-53,60-61H,3-4,6,8-10,14,17,20,24-25,30,33-38,41-43H2,1-2H3,(H,63,64)(H,65,66)(H2,55,56,62)/b7-5-,13-11-,16-15-,19-18-,22-21-,23-12-,28-26-,31-27-,32-29-/t44-,45?,46?,47-,51-,52-,53-/m1/s1. The van der Waals surface area contributed by atoms with Gasteiger partial charge in [0.15, 0.2) is 12.3 Å². The molecule has 75 heavy (non-hydrogen) atoms. The van der Waals surface area contributed by atoms with Crippen molar-refractivity contribution < 1.29 is 71.0 Å². The normalized spacial score (nSPS) is 22.4. The van der Waals surface area contributed by atoms with Crippen molar-refractivity contribution >= 4 is 33.4 Å². The molecule has 2 fully saturated rings. The van der Waals surface area contributed by atoms with E-state index in [4.69, 9.17) is 33.7 Å². The molecule has 1 aromatic rings. The molecule has 0 bridgehead atoms. The third-order valence-corrected chi connectivity index (χ3v) is 13.9. The topological polar surface area (TPSA) is 278 Å². The van der Waals surface area contributed by atoms with E-state index >= 15 is 0 Å². The highest BCUT2D eigenvalue weighted by Crippen LogP contribution is 2.60. The first-order chi connectivity index (χ1) is 36.1. The van der Waals surface area contributed by atoms with Crippen molar-refractivity contribution in [2.75, 3.05) is 25.6 Å². The van der Waals surface area contributed by atoms with Crippen LogP contribution in [0, 0.1) is 0 Å². The summed E-state index contributed by atoms with van der Waals surface area (Å²) in [6.45, 7) is 1.86. The number of allylic oxidation sites excluding steroid dienone is 16. The van der Waals surface area contributed by atoms with E-state index < -0.39 is 83.7 Å². The molecular weight excluding hydrogens is 1010 g/mol. The summed E-state index contributed by atoms with van der Waals surface area (Å²) in [6.07, 6.45) is 45.0. The number of unbranched alkanes of at least 4 members (excludes halogenated alkanes) is 4. The van der Waals surface area contributed by atoms with Gasteiger partial charge in [-0.2, -0.15) is 9.29 Å². The number of nitrogen functional groups attached to an aromatic ring is 1. The zero-order valence-electron chi connectivity index (χ0n) is 43.5. The van der Waals surface area contributed by atoms with E-state index in [1.54, 1.807) is 6.08 Å². The van der Waals surface area contributed by atoms with E-state index in [0.717, 1.165) is 68.6 Å². The van der Waals surface area contributed by atoms with Crippen LogP contribution in [-0.4, -0.2) is 97.9 Å². The molecule has 0 aromatic carbocycles. The van der Waals surface area contributed by atoms with Gasteiger partial charge in [-0.1, -0.05) is 136 Å². The van der Waals surface area contributed by atoms with Gasteiger partial charge in [0.2, 0.25) is 0 Å². The molecule has 0 saturated carbocycles. The number of nitrogens with zero attached hydrogens (tertiary/aromatic N) is 2. The molecule has 0 amide bonds. The van der Waals surface area contributed by atoms with Crippen LogP contribution < -0.4 is 11.4 Å². The first-order valence-corrected chi connectivity index (χ1v) is 29.0. The van der Waals surface area contributed by atoms with Gasteiger partial charge >= 0.3 is 33.3 Å². The van der Waals surface area contributed by atoms with Crippen LogP contribution in [0.4, 0.5) is 5.82 Å². The zero-order chi connectivity index (χ0) is 54.6. The van der Waals surface area contributed by atoms with Gasteiger partial charge in [0, 0.05) is 19.0 Å². The number of rotatable bonds is 40. The molecule has 418 valence electrons. The second-order valence-electron chi connectivity index (χ2n) is 17.7. The van der Waals surface area contributed by atoms with Gasteiger partial charge in [-0.15, -0.1) is 0 Å². The SMILES string of the molecule is CC/C=C\C/C=C\C/C=C\C/C=C\C/C=C\C/C=C\CCC(=O)O[C@H](COC(=O)CCC/C=C\CC1OC1C/C=C\C/C=C\CCCCC)COP(=O)(O)OP(=O)(O)OC[C@H]1O[C@@H](n2ccc(N)nc2=O)[C@H](O)[C@@H]1O. The maximum atomic E-state index is 12.9. The van der Waals surface area contributed by atoms with Gasteiger partial charge in [-0.05, 0) is 96.0 Å². The third kappa shape index (κ3) is 30.1. The summed E-state index contributed by atoms with van der Waals surface area (Å²) in [7, 11) is -10.9. The number of phosphoric acid groups is 2. The minimum atomic E-state index is -5.46. The van der Waals surface area contributed by atoms with E-state index in [9.17, 15) is 43.5 Å². The first-order valence-electron chi connectivity index (χ1n) is 26.0. The smallest absolute Gasteiger partial charge is 0.462 e. The minimum Gasteiger partial charge on any atom is -0.462 e. The van der Waals surface area contributed by atoms with Gasteiger partial charge in [0.05, 0.1) is 25.4 Å². The lowest BCUT2D eigenvalue weighted by Crippen LogP contribution is -2.36. The highest BCUT2D eigenvalue weighted by Gasteiger charge is 2.46. The van der Waals surface area contributed by atoms with Crippen molar-refractivity contribution in [3.8, 4) is 0 Å². The number of esters is 2. The Bertz CT molecular complexity index is 2260. The highest BCUT2D eigenvalue weighted by atomic mass is 31.3. The lowest BCUT2D eigenvalue weighted by Gasteiger charge is -2.21. The predicted molar refractivity (Wildman–Crippen MR) is 288 cm³/mol. The van der Waals surface area contributed by atoms with Crippen LogP contribution in [0.3, 0.4) is 0 Å². The molecule has 0 aliphatic carbocycles. The molecule has 1 aromatic heterocycles. The number of epoxide rings is 1. The lowest BCUT2D eigenvalue weighted by atomic mass is 10.1. The number of carbonyl (C=O) groups is 2. The van der Waals surface area contributed by atoms with E-state index in [1.807, 2.05) is 30.4 Å². The predicted octanol–water partition coefficient (Wildman–Crippen LogP) is 9.99. The molecule has 4 unspecified atom stereocenters. The summed E-state index contributed by atoms with van der Waals surface area (Å²) in [5.74, 6) is -1.49. The molecule has 0 spiro atoms. The Morgan fingerprint density at radius 3 is 1.80 bits per heavy atom. The van der Waals surface area contributed by atoms with Crippen molar-refractivity contribution in [1.82, 2.24) is 9.55 Å². The van der Waals surface area contributed by atoms with E-state index in [-0.39, 0.29) is 30.9 Å². The Labute approximate surface area is 442 Å². The number of hydrogen-bond acceptors (Lipinski definition) is 16. The maximum Gasteiger partial charge on any atom is 0.481 e. The van der Waals surface area contributed by atoms with E-state index in [0.29, 0.717) is 25.7 Å². The van der Waals surface area contributed by atoms with Gasteiger partial charge in [-0.3, -0.25) is 23.2 Å². The van der Waals surface area contributed by atoms with Gasteiger partial charge in [-0.25, -0.2) is 13.9 Å². The summed E-state index contributed by atoms with van der Waals surface area (Å²) in [6, 6.07) is 1.24. The van der Waals surface area contributed by atoms with Crippen molar-refractivity contribution in [2.45, 2.75) is 172 Å². The second-order valence-corrected chi connectivity index (χ2v) is 20.7. The fourth-order valence-corrected chi connectivity index (χ4v) is 9.25. The quantitative estimate of drug-likeness (QED) is 0.0134. The van der Waals surface area contributed by atoms with E-state index in [1.165, 1.54) is 25.3 Å². The number of hydrogen-bond donors (Lipinski definition) is 5. The van der Waals surface area contributed by atoms with Crippen LogP contribution in [0.25, 0.3) is 0 Å². The Hall–Kier alpha value is -4.62. The summed E-state index contributed by atoms with van der Waals surface area (Å²) in [5.41, 5.74) is 4.58. The number of nitrogens with two attached hydrogens (primary N) is 1. The molecular formula is C54H81N3O16P2. The Morgan fingerprint density at radius 1 is 0.667 bits per heavy atom. The fourth-order valence-electron chi connectivity index (χ4n) is 7.14. The van der Waals surface area contributed by atoms with E-state index in [2.05, 4.69) is 96.1 Å². The van der Waals surface area contributed by atoms with Gasteiger partial charge < -0.3 is 44.7 Å². The van der Waals surface area contributed by atoms with Crippen LogP contribution in [0.1, 0.15) is 136 Å². The minimum absolute atomic E-state index is 0.0202. The molecule has 2 aliphatic heterocycles. The van der Waals surface area contributed by atoms with Crippen LogP contribution in [0.5, 0.6) is 0 Å². The van der Waals surface area contributed by atoms with Crippen molar-refractivity contribution in [3.05, 3.63) is 132 Å². The fraction of sp³-hybridized carbons (Fsp3) is 0.556. The largest absolute Gasteiger partial charge is 0.481 e. The Morgan fingerprint density at radius 2 is 1.20 bits per heavy atom. The number of carbonyl (C=O) groups excluding carboxylic acids is 2. The molecule has 19 nitrogen and oxygen atoms in total. The monoisotopic (exact) mass is 1090 g/mol. The van der Waals surface area contributed by atoms with Crippen LogP contribution >= 0.6 is 15.6 Å². The number of aliphatic hydroxyl groups is 2. The number of anilines is 1. The van der Waals surface area contributed by atoms with Crippen LogP contribution in [-0.2, 0) is 51.0 Å². The van der Waals surface area contributed by atoms with Gasteiger partial charge in [0.25, 0.3) is 0 Å². The second kappa shape index (κ2) is 38.0. The number of aromatic nitrogens is 2. The maximum absolute atomic E-state index is 12.9. The average molecular weight is 1090 g/mol. The van der Waals surface area contributed by atoms with Crippen LogP contribution in [0.2, 0.25) is 0 Å². The molecule has 21 heteroatoms. The molecule has 2 aliphatic rings. The molecule has 6 N–H and O–H groups in total. The van der Waals surface area contributed by atoms with Crippen molar-refractivity contribution in [3.63, 3.8) is 0 Å². The zero-order valence-corrected chi connectivity index (χ0v) is 45.3. The molecule has 9 atom stereocenters. The van der Waals surface area contributed by atoms with Gasteiger partial charge in [0.1, 0.15) is 30.7 Å². The number of phosphoric ester groups is 2. The summed E-state index contributed by atoms with van der Waals surface area (Å²) >= 11 is 0. The van der Waals surface area contributed by atoms with Crippen molar-refractivity contribution in [2.24, 2.45) is 0 Å². The van der Waals surface area contributed by atoms with Crippen molar-refractivity contribution in [1.29, 1.82) is 0 Å². The number of ether oxygens (including phenoxy) is 4. The molecule has 0 radical (unpaired) electrons. The third-order valence-electron chi connectivity index (χ3n) is 11.3. The molecule has 3 rings (SSSR count). The Kier molecular flexibility index (Phi) is 32.8. The lowest BCUT2D eigenvalue weighted by molar-refractivity contribution is -0.161. The molecule has 3 heterocycles. The Balaban J connectivity index is 1.44.